The largest absolute Gasteiger partial charge is 0.378 e. The number of allylic oxidation sites excluding steroid dienone is 1. The molecule has 0 aromatic carbocycles. The summed E-state index contributed by atoms with van der Waals surface area (Å²) in [5.74, 6) is 0.344. The van der Waals surface area contributed by atoms with E-state index in [1.54, 1.807) is 24.7 Å². The van der Waals surface area contributed by atoms with Crippen molar-refractivity contribution in [2.24, 2.45) is 7.05 Å². The summed E-state index contributed by atoms with van der Waals surface area (Å²) in [6.45, 7) is 8.86. The fourth-order valence-electron chi connectivity index (χ4n) is 4.26. The zero-order valence-corrected chi connectivity index (χ0v) is 20.5. The quantitative estimate of drug-likeness (QED) is 0.447. The predicted molar refractivity (Wildman–Crippen MR) is 139 cm³/mol. The van der Waals surface area contributed by atoms with Gasteiger partial charge in [-0.2, -0.15) is 0 Å². The lowest BCUT2D eigenvalue weighted by Gasteiger charge is -2.28. The first-order chi connectivity index (χ1) is 17.0. The Labute approximate surface area is 206 Å². The minimum Gasteiger partial charge on any atom is -0.378 e. The van der Waals surface area contributed by atoms with Gasteiger partial charge in [0.2, 0.25) is 5.43 Å². The minimum absolute atomic E-state index is 0.101. The highest BCUT2D eigenvalue weighted by atomic mass is 32.1. The molecule has 9 nitrogen and oxygen atoms in total. The molecule has 0 spiro atoms. The van der Waals surface area contributed by atoms with Crippen molar-refractivity contribution in [1.29, 1.82) is 0 Å². The summed E-state index contributed by atoms with van der Waals surface area (Å²) in [5, 5.41) is 3.28. The molecule has 0 saturated carbocycles. The predicted octanol–water partition coefficient (Wildman–Crippen LogP) is 3.09. The lowest BCUT2D eigenvalue weighted by molar-refractivity contribution is 0.0950. The highest BCUT2D eigenvalue weighted by molar-refractivity contribution is 7.19. The molecule has 10 heteroatoms. The van der Waals surface area contributed by atoms with Crippen LogP contribution in [0, 0.1) is 0 Å². The molecule has 1 aliphatic heterocycles. The van der Waals surface area contributed by atoms with Crippen molar-refractivity contribution in [1.82, 2.24) is 24.3 Å². The van der Waals surface area contributed by atoms with Crippen LogP contribution >= 0.6 is 11.3 Å². The summed E-state index contributed by atoms with van der Waals surface area (Å²) in [7, 11) is 1.86. The van der Waals surface area contributed by atoms with Gasteiger partial charge < -0.3 is 19.5 Å². The van der Waals surface area contributed by atoms with Gasteiger partial charge in [0.25, 0.3) is 5.91 Å². The normalized spacial score (nSPS) is 14.3. The summed E-state index contributed by atoms with van der Waals surface area (Å²) in [5.41, 5.74) is 1.95. The van der Waals surface area contributed by atoms with Gasteiger partial charge in [-0.15, -0.1) is 11.3 Å². The number of pyridine rings is 2. The maximum Gasteiger partial charge on any atom is 0.258 e. The zero-order chi connectivity index (χ0) is 24.5. The fraction of sp³-hybridized carbons (Fsp3) is 0.280. The van der Waals surface area contributed by atoms with Crippen molar-refractivity contribution in [3.05, 3.63) is 69.4 Å². The van der Waals surface area contributed by atoms with Gasteiger partial charge in [0.05, 0.1) is 47.7 Å². The monoisotopic (exact) mass is 490 g/mol. The summed E-state index contributed by atoms with van der Waals surface area (Å²) in [6.07, 6.45) is 8.97. The molecule has 0 atom stereocenters. The van der Waals surface area contributed by atoms with Crippen LogP contribution < -0.4 is 15.6 Å². The van der Waals surface area contributed by atoms with Gasteiger partial charge in [0.15, 0.2) is 5.65 Å². The molecule has 0 unspecified atom stereocenters. The summed E-state index contributed by atoms with van der Waals surface area (Å²) in [6, 6.07) is 3.61. The Morgan fingerprint density at radius 3 is 2.80 bits per heavy atom. The molecule has 1 saturated heterocycles. The number of nitrogens with zero attached hydrogens (tertiary/aromatic N) is 5. The number of carbonyl (C=O) groups is 1. The Bertz CT molecular complexity index is 1520. The molecule has 180 valence electrons. The Balaban J connectivity index is 1.72. The first-order valence-electron chi connectivity index (χ1n) is 11.4. The molecule has 0 radical (unpaired) electrons. The van der Waals surface area contributed by atoms with Crippen molar-refractivity contribution in [2.45, 2.75) is 13.5 Å². The minimum atomic E-state index is -0.434. The van der Waals surface area contributed by atoms with Crippen molar-refractivity contribution in [2.75, 3.05) is 31.2 Å². The van der Waals surface area contributed by atoms with E-state index in [0.29, 0.717) is 29.1 Å². The molecular formula is C25H26N6O3S. The lowest BCUT2D eigenvalue weighted by Crippen LogP contribution is -2.37. The van der Waals surface area contributed by atoms with Crippen LogP contribution in [0.3, 0.4) is 0 Å². The number of ether oxygens (including phenoxy) is 1. The Kier molecular flexibility index (Phi) is 6.23. The number of carbonyl (C=O) groups excluding carboxylic acids is 1. The molecule has 1 fully saturated rings. The van der Waals surface area contributed by atoms with Crippen molar-refractivity contribution in [3.63, 3.8) is 0 Å². The number of rotatable bonds is 6. The number of thiazole rings is 1. The van der Waals surface area contributed by atoms with Crippen molar-refractivity contribution >= 4 is 51.1 Å². The van der Waals surface area contributed by atoms with Crippen LogP contribution in [-0.2, 0) is 18.3 Å². The van der Waals surface area contributed by atoms with Gasteiger partial charge in [-0.3, -0.25) is 14.0 Å². The molecular weight excluding hydrogens is 464 g/mol. The maximum atomic E-state index is 13.7. The average molecular weight is 491 g/mol. The SMILES string of the molecule is C=Cc1sc2c(C(=O)NCc3cncn3C)c(=O)c3ccc(N4CCOCC4)nc3n2c1/C=C\C. The van der Waals surface area contributed by atoms with E-state index in [2.05, 4.69) is 21.8 Å². The van der Waals surface area contributed by atoms with Crippen LogP contribution in [0.2, 0.25) is 0 Å². The second-order valence-electron chi connectivity index (χ2n) is 8.22. The summed E-state index contributed by atoms with van der Waals surface area (Å²) < 4.78 is 9.20. The first-order valence-corrected chi connectivity index (χ1v) is 12.2. The van der Waals surface area contributed by atoms with Crippen molar-refractivity contribution in [3.8, 4) is 0 Å². The molecule has 5 rings (SSSR count). The van der Waals surface area contributed by atoms with Gasteiger partial charge >= 0.3 is 0 Å². The average Bonchev–Trinajstić information content (AvgIpc) is 3.46. The molecule has 1 N–H and O–H groups in total. The molecule has 5 heterocycles. The lowest BCUT2D eigenvalue weighted by atomic mass is 10.1. The molecule has 0 bridgehead atoms. The third kappa shape index (κ3) is 4.04. The van der Waals surface area contributed by atoms with E-state index in [0.717, 1.165) is 35.2 Å². The number of amides is 1. The number of hydrogen-bond acceptors (Lipinski definition) is 7. The second-order valence-corrected chi connectivity index (χ2v) is 9.25. The van der Waals surface area contributed by atoms with Crippen LogP contribution in [0.25, 0.3) is 28.0 Å². The smallest absolute Gasteiger partial charge is 0.258 e. The fourth-order valence-corrected chi connectivity index (χ4v) is 5.38. The highest BCUT2D eigenvalue weighted by Crippen LogP contribution is 2.31. The van der Waals surface area contributed by atoms with E-state index < -0.39 is 5.91 Å². The molecule has 4 aromatic heterocycles. The Morgan fingerprint density at radius 2 is 2.11 bits per heavy atom. The zero-order valence-electron chi connectivity index (χ0n) is 19.7. The van der Waals surface area contributed by atoms with Crippen LogP contribution in [0.1, 0.15) is 33.5 Å². The highest BCUT2D eigenvalue weighted by Gasteiger charge is 2.24. The van der Waals surface area contributed by atoms with Crippen molar-refractivity contribution < 1.29 is 9.53 Å². The van der Waals surface area contributed by atoms with Gasteiger partial charge in [-0.1, -0.05) is 12.7 Å². The molecule has 4 aromatic rings. The number of morpholine rings is 1. The number of anilines is 1. The van der Waals surface area contributed by atoms with Gasteiger partial charge in [0.1, 0.15) is 16.2 Å². The van der Waals surface area contributed by atoms with E-state index in [9.17, 15) is 9.59 Å². The molecule has 0 aliphatic carbocycles. The van der Waals surface area contributed by atoms with E-state index in [-0.39, 0.29) is 17.5 Å². The maximum absolute atomic E-state index is 13.7. The van der Waals surface area contributed by atoms with E-state index in [1.165, 1.54) is 11.3 Å². The van der Waals surface area contributed by atoms with Gasteiger partial charge in [-0.05, 0) is 31.2 Å². The first kappa shape index (κ1) is 23.0. The van der Waals surface area contributed by atoms with Gasteiger partial charge in [-0.25, -0.2) is 9.97 Å². The third-order valence-electron chi connectivity index (χ3n) is 6.08. The Hall–Kier alpha value is -3.76. The van der Waals surface area contributed by atoms with Crippen LogP contribution in [0.4, 0.5) is 5.82 Å². The number of fused-ring (bicyclic) bond motifs is 3. The van der Waals surface area contributed by atoms with Crippen LogP contribution in [-0.4, -0.2) is 51.1 Å². The molecule has 1 amide bonds. The van der Waals surface area contributed by atoms with Crippen LogP contribution in [0.5, 0.6) is 0 Å². The van der Waals surface area contributed by atoms with E-state index in [4.69, 9.17) is 9.72 Å². The topological polar surface area (TPSA) is 93.8 Å². The Morgan fingerprint density at radius 1 is 1.31 bits per heavy atom. The number of aromatic nitrogens is 4. The molecule has 1 aliphatic rings. The standard InChI is InChI=1S/C25H26N6O3S/c1-4-6-18-19(5-2)35-25-21(24(33)27-14-16-13-26-15-29(16)3)22(32)17-7-8-20(28-23(17)31(18)25)30-9-11-34-12-10-30/h4-8,13,15H,2,9-12,14H2,1,3H3,(H,27,33)/b6-4-. The number of hydrogen-bond donors (Lipinski definition) is 1. The molecule has 35 heavy (non-hydrogen) atoms. The third-order valence-corrected chi connectivity index (χ3v) is 7.26. The number of nitrogens with one attached hydrogen (secondary N) is 1. The van der Waals surface area contributed by atoms with Crippen LogP contribution in [0.15, 0.2) is 42.1 Å². The summed E-state index contributed by atoms with van der Waals surface area (Å²) >= 11 is 1.36. The number of imidazole rings is 1. The summed E-state index contributed by atoms with van der Waals surface area (Å²) in [4.78, 5) is 39.6. The van der Waals surface area contributed by atoms with E-state index in [1.807, 2.05) is 41.2 Å². The second kappa shape index (κ2) is 9.47. The van der Waals surface area contributed by atoms with Gasteiger partial charge in [0, 0.05) is 26.3 Å². The number of aryl methyl sites for hydroxylation is 1. The van der Waals surface area contributed by atoms with E-state index >= 15 is 0 Å².